The number of methoxy groups -OCH3 is 1. The summed E-state index contributed by atoms with van der Waals surface area (Å²) < 4.78 is 32.7. The lowest BCUT2D eigenvalue weighted by Gasteiger charge is -2.25. The van der Waals surface area contributed by atoms with Crippen molar-refractivity contribution in [1.82, 2.24) is 4.31 Å². The van der Waals surface area contributed by atoms with Gasteiger partial charge in [-0.15, -0.1) is 0 Å². The van der Waals surface area contributed by atoms with Crippen LogP contribution >= 0.6 is 15.9 Å². The third kappa shape index (κ3) is 4.51. The van der Waals surface area contributed by atoms with Crippen LogP contribution in [0.5, 0.6) is 5.75 Å². The van der Waals surface area contributed by atoms with Crippen LogP contribution < -0.4 is 10.1 Å². The minimum atomic E-state index is -3.48. The number of piperidine rings is 1. The number of nitrogens with one attached hydrogen (secondary N) is 1. The number of amides is 1. The molecule has 27 heavy (non-hydrogen) atoms. The van der Waals surface area contributed by atoms with Gasteiger partial charge in [-0.2, -0.15) is 4.31 Å². The first-order valence-electron chi connectivity index (χ1n) is 8.67. The second-order valence-electron chi connectivity index (χ2n) is 6.29. The van der Waals surface area contributed by atoms with Gasteiger partial charge in [0.2, 0.25) is 10.0 Å². The lowest BCUT2D eigenvalue weighted by Crippen LogP contribution is -2.35. The number of halogens is 1. The third-order valence-electron chi connectivity index (χ3n) is 4.48. The van der Waals surface area contributed by atoms with Crippen LogP contribution in [0.2, 0.25) is 0 Å². The SMILES string of the molecule is COc1ccc(Br)c(C(=O)Nc2ccc(S(=O)(=O)N3CCCCC3)cc2)c1. The van der Waals surface area contributed by atoms with E-state index in [0.717, 1.165) is 19.3 Å². The summed E-state index contributed by atoms with van der Waals surface area (Å²) in [6.07, 6.45) is 2.85. The quantitative estimate of drug-likeness (QED) is 0.746. The van der Waals surface area contributed by atoms with Crippen LogP contribution in [-0.4, -0.2) is 38.8 Å². The summed E-state index contributed by atoms with van der Waals surface area (Å²) in [5, 5.41) is 2.78. The number of ether oxygens (including phenoxy) is 1. The van der Waals surface area contributed by atoms with Crippen molar-refractivity contribution in [2.24, 2.45) is 0 Å². The zero-order chi connectivity index (χ0) is 19.4. The molecule has 0 unspecified atom stereocenters. The lowest BCUT2D eigenvalue weighted by atomic mass is 10.2. The summed E-state index contributed by atoms with van der Waals surface area (Å²) in [4.78, 5) is 12.7. The number of rotatable bonds is 5. The van der Waals surface area contributed by atoms with Gasteiger partial charge in [-0.1, -0.05) is 6.42 Å². The Kier molecular flexibility index (Phi) is 6.18. The first kappa shape index (κ1) is 19.9. The fraction of sp³-hybridized carbons (Fsp3) is 0.316. The van der Waals surface area contributed by atoms with E-state index in [1.807, 2.05) is 0 Å². The van der Waals surface area contributed by atoms with Crippen molar-refractivity contribution in [3.8, 4) is 5.75 Å². The van der Waals surface area contributed by atoms with Crippen molar-refractivity contribution >= 4 is 37.5 Å². The minimum Gasteiger partial charge on any atom is -0.497 e. The molecule has 6 nitrogen and oxygen atoms in total. The van der Waals surface area contributed by atoms with E-state index in [-0.39, 0.29) is 10.8 Å². The first-order chi connectivity index (χ1) is 12.9. The van der Waals surface area contributed by atoms with Gasteiger partial charge in [0.1, 0.15) is 5.75 Å². The molecule has 0 radical (unpaired) electrons. The van der Waals surface area contributed by atoms with Crippen molar-refractivity contribution in [2.45, 2.75) is 24.2 Å². The third-order valence-corrected chi connectivity index (χ3v) is 7.09. The maximum Gasteiger partial charge on any atom is 0.256 e. The van der Waals surface area contributed by atoms with Crippen molar-refractivity contribution in [2.75, 3.05) is 25.5 Å². The summed E-state index contributed by atoms with van der Waals surface area (Å²) in [6.45, 7) is 1.12. The summed E-state index contributed by atoms with van der Waals surface area (Å²) in [7, 11) is -1.94. The topological polar surface area (TPSA) is 75.7 Å². The molecule has 144 valence electrons. The number of benzene rings is 2. The molecule has 0 spiro atoms. The Labute approximate surface area is 167 Å². The summed E-state index contributed by atoms with van der Waals surface area (Å²) in [6, 6.07) is 11.4. The lowest BCUT2D eigenvalue weighted by molar-refractivity contribution is 0.102. The van der Waals surface area contributed by atoms with Gasteiger partial charge in [0.15, 0.2) is 0 Å². The van der Waals surface area contributed by atoms with Crippen molar-refractivity contribution in [1.29, 1.82) is 0 Å². The number of hydrogen-bond acceptors (Lipinski definition) is 4. The highest BCUT2D eigenvalue weighted by molar-refractivity contribution is 9.10. The maximum absolute atomic E-state index is 12.7. The highest BCUT2D eigenvalue weighted by Crippen LogP contribution is 2.25. The van der Waals surface area contributed by atoms with Crippen molar-refractivity contribution < 1.29 is 17.9 Å². The molecule has 0 bridgehead atoms. The van der Waals surface area contributed by atoms with E-state index >= 15 is 0 Å². The Morgan fingerprint density at radius 2 is 1.74 bits per heavy atom. The van der Waals surface area contributed by atoms with Gasteiger partial charge < -0.3 is 10.1 Å². The number of carbonyl (C=O) groups excluding carboxylic acids is 1. The fourth-order valence-electron chi connectivity index (χ4n) is 2.97. The molecular weight excluding hydrogens is 432 g/mol. The van der Waals surface area contributed by atoms with Gasteiger partial charge in [-0.25, -0.2) is 8.42 Å². The number of sulfonamides is 1. The monoisotopic (exact) mass is 452 g/mol. The summed E-state index contributed by atoms with van der Waals surface area (Å²) >= 11 is 3.35. The number of hydrogen-bond donors (Lipinski definition) is 1. The van der Waals surface area contributed by atoms with Crippen molar-refractivity contribution in [3.05, 3.63) is 52.5 Å². The standard InChI is InChI=1S/C19H21BrN2O4S/c1-26-15-7-10-18(20)17(13-15)19(23)21-14-5-8-16(9-6-14)27(24,25)22-11-3-2-4-12-22/h5-10,13H,2-4,11-12H2,1H3,(H,21,23). The van der Waals surface area contributed by atoms with Crippen LogP contribution in [0, 0.1) is 0 Å². The van der Waals surface area contributed by atoms with Crippen LogP contribution in [0.25, 0.3) is 0 Å². The van der Waals surface area contributed by atoms with E-state index in [2.05, 4.69) is 21.2 Å². The molecule has 1 saturated heterocycles. The molecule has 1 heterocycles. The number of carbonyl (C=O) groups is 1. The molecule has 2 aromatic carbocycles. The second-order valence-corrected chi connectivity index (χ2v) is 9.08. The number of anilines is 1. The Balaban J connectivity index is 1.75. The Bertz CT molecular complexity index is 923. The molecule has 1 aliphatic heterocycles. The van der Waals surface area contributed by atoms with Crippen LogP contribution in [0.1, 0.15) is 29.6 Å². The average molecular weight is 453 g/mol. The Morgan fingerprint density at radius 1 is 1.07 bits per heavy atom. The van der Waals surface area contributed by atoms with E-state index in [0.29, 0.717) is 34.6 Å². The molecule has 0 saturated carbocycles. The zero-order valence-electron chi connectivity index (χ0n) is 14.9. The largest absolute Gasteiger partial charge is 0.497 e. The van der Waals surface area contributed by atoms with E-state index in [9.17, 15) is 13.2 Å². The fourth-order valence-corrected chi connectivity index (χ4v) is 4.91. The first-order valence-corrected chi connectivity index (χ1v) is 10.9. The van der Waals surface area contributed by atoms with Crippen LogP contribution in [0.3, 0.4) is 0 Å². The van der Waals surface area contributed by atoms with Gasteiger partial charge in [0.25, 0.3) is 5.91 Å². The molecule has 1 N–H and O–H groups in total. The molecule has 3 rings (SSSR count). The molecule has 0 atom stereocenters. The van der Waals surface area contributed by atoms with Gasteiger partial charge in [-0.3, -0.25) is 4.79 Å². The van der Waals surface area contributed by atoms with Gasteiger partial charge in [0, 0.05) is 23.2 Å². The van der Waals surface area contributed by atoms with Gasteiger partial charge in [-0.05, 0) is 71.2 Å². The molecule has 1 aliphatic rings. The number of nitrogens with zero attached hydrogens (tertiary/aromatic N) is 1. The van der Waals surface area contributed by atoms with Gasteiger partial charge >= 0.3 is 0 Å². The molecule has 2 aromatic rings. The smallest absolute Gasteiger partial charge is 0.256 e. The molecule has 1 amide bonds. The zero-order valence-corrected chi connectivity index (χ0v) is 17.3. The average Bonchev–Trinajstić information content (AvgIpc) is 2.69. The predicted octanol–water partition coefficient (Wildman–Crippen LogP) is 3.88. The van der Waals surface area contributed by atoms with E-state index in [1.54, 1.807) is 30.3 Å². The van der Waals surface area contributed by atoms with E-state index in [1.165, 1.54) is 23.5 Å². The highest BCUT2D eigenvalue weighted by atomic mass is 79.9. The summed E-state index contributed by atoms with van der Waals surface area (Å²) in [5.74, 6) is 0.263. The Morgan fingerprint density at radius 3 is 2.37 bits per heavy atom. The molecule has 0 aliphatic carbocycles. The normalized spacial score (nSPS) is 15.3. The van der Waals surface area contributed by atoms with Gasteiger partial charge in [0.05, 0.1) is 17.6 Å². The maximum atomic E-state index is 12.7. The van der Waals surface area contributed by atoms with Crippen LogP contribution in [-0.2, 0) is 10.0 Å². The van der Waals surface area contributed by atoms with E-state index in [4.69, 9.17) is 4.74 Å². The second kappa shape index (κ2) is 8.41. The highest BCUT2D eigenvalue weighted by Gasteiger charge is 2.25. The van der Waals surface area contributed by atoms with Crippen molar-refractivity contribution in [3.63, 3.8) is 0 Å². The predicted molar refractivity (Wildman–Crippen MR) is 108 cm³/mol. The molecular formula is C19H21BrN2O4S. The molecule has 8 heteroatoms. The summed E-state index contributed by atoms with van der Waals surface area (Å²) in [5.41, 5.74) is 0.951. The Hall–Kier alpha value is -1.90. The minimum absolute atomic E-state index is 0.241. The van der Waals surface area contributed by atoms with Crippen LogP contribution in [0.4, 0.5) is 5.69 Å². The van der Waals surface area contributed by atoms with E-state index < -0.39 is 10.0 Å². The molecule has 0 aromatic heterocycles. The van der Waals surface area contributed by atoms with Crippen LogP contribution in [0.15, 0.2) is 51.8 Å². The molecule has 1 fully saturated rings.